The lowest BCUT2D eigenvalue weighted by atomic mass is 9.85. The smallest absolute Gasteiger partial charge is 0.290 e. The lowest BCUT2D eigenvalue weighted by Gasteiger charge is -2.27. The molecule has 1 heterocycles. The van der Waals surface area contributed by atoms with Gasteiger partial charge < -0.3 is 15.1 Å². The SMILES string of the molecule is CC(=O)C1=C(O)C(=O)N(CCO)C1c1ccc(C(C)(C)C)cc1. The number of amides is 1. The van der Waals surface area contributed by atoms with Crippen LogP contribution in [-0.2, 0) is 15.0 Å². The highest BCUT2D eigenvalue weighted by Gasteiger charge is 2.41. The van der Waals surface area contributed by atoms with Crippen LogP contribution >= 0.6 is 0 Å². The van der Waals surface area contributed by atoms with Gasteiger partial charge in [0.15, 0.2) is 11.5 Å². The van der Waals surface area contributed by atoms with Crippen molar-refractivity contribution in [2.45, 2.75) is 39.2 Å². The Morgan fingerprint density at radius 1 is 1.22 bits per heavy atom. The summed E-state index contributed by atoms with van der Waals surface area (Å²) in [7, 11) is 0. The van der Waals surface area contributed by atoms with E-state index in [0.29, 0.717) is 0 Å². The van der Waals surface area contributed by atoms with Crippen LogP contribution in [0.25, 0.3) is 0 Å². The maximum Gasteiger partial charge on any atom is 0.290 e. The quantitative estimate of drug-likeness (QED) is 0.893. The lowest BCUT2D eigenvalue weighted by Crippen LogP contribution is -2.33. The minimum Gasteiger partial charge on any atom is -0.503 e. The van der Waals surface area contributed by atoms with Crippen LogP contribution < -0.4 is 0 Å². The molecule has 1 aromatic carbocycles. The highest BCUT2D eigenvalue weighted by molar-refractivity contribution is 6.08. The van der Waals surface area contributed by atoms with Gasteiger partial charge in [0.1, 0.15) is 0 Å². The van der Waals surface area contributed by atoms with Gasteiger partial charge in [-0.3, -0.25) is 9.59 Å². The van der Waals surface area contributed by atoms with Gasteiger partial charge in [0.05, 0.1) is 18.2 Å². The zero-order valence-electron chi connectivity index (χ0n) is 14.0. The fourth-order valence-corrected chi connectivity index (χ4v) is 2.86. The molecule has 0 saturated carbocycles. The fourth-order valence-electron chi connectivity index (χ4n) is 2.86. The van der Waals surface area contributed by atoms with Crippen molar-refractivity contribution in [1.29, 1.82) is 0 Å². The van der Waals surface area contributed by atoms with Gasteiger partial charge in [-0.25, -0.2) is 0 Å². The van der Waals surface area contributed by atoms with Gasteiger partial charge in [0.25, 0.3) is 5.91 Å². The third-order valence-electron chi connectivity index (χ3n) is 4.12. The number of β-amino-alcohol motifs (C(OH)–C–C–N with tert-alkyl or cyclic N) is 1. The van der Waals surface area contributed by atoms with E-state index < -0.39 is 17.7 Å². The Kier molecular flexibility index (Phi) is 4.61. The Balaban J connectivity index is 2.48. The molecule has 1 atom stereocenters. The van der Waals surface area contributed by atoms with E-state index in [2.05, 4.69) is 20.8 Å². The number of nitrogens with zero attached hydrogens (tertiary/aromatic N) is 1. The van der Waals surface area contributed by atoms with Crippen LogP contribution in [0.5, 0.6) is 0 Å². The number of benzene rings is 1. The first-order valence-electron chi connectivity index (χ1n) is 7.64. The van der Waals surface area contributed by atoms with E-state index in [1.165, 1.54) is 11.8 Å². The van der Waals surface area contributed by atoms with Gasteiger partial charge in [-0.05, 0) is 23.5 Å². The molecule has 5 nitrogen and oxygen atoms in total. The lowest BCUT2D eigenvalue weighted by molar-refractivity contribution is -0.129. The summed E-state index contributed by atoms with van der Waals surface area (Å²) in [5.74, 6) is -1.48. The molecule has 0 aliphatic carbocycles. The average molecular weight is 317 g/mol. The number of carbonyl (C=O) groups is 2. The van der Waals surface area contributed by atoms with Crippen molar-refractivity contribution in [3.05, 3.63) is 46.7 Å². The predicted octanol–water partition coefficient (Wildman–Crippen LogP) is 2.26. The van der Waals surface area contributed by atoms with Crippen LogP contribution in [0, 0.1) is 0 Å². The Hall–Kier alpha value is -2.14. The molecule has 0 spiro atoms. The second-order valence-corrected chi connectivity index (χ2v) is 6.82. The molecule has 5 heteroatoms. The number of hydrogen-bond acceptors (Lipinski definition) is 4. The van der Waals surface area contributed by atoms with E-state index in [-0.39, 0.29) is 29.9 Å². The number of Topliss-reactive ketones (excluding diaryl/α,β-unsaturated/α-hetero) is 1. The van der Waals surface area contributed by atoms with E-state index in [4.69, 9.17) is 0 Å². The van der Waals surface area contributed by atoms with Gasteiger partial charge in [-0.15, -0.1) is 0 Å². The summed E-state index contributed by atoms with van der Waals surface area (Å²) in [5, 5.41) is 19.2. The highest BCUT2D eigenvalue weighted by atomic mass is 16.3. The predicted molar refractivity (Wildman–Crippen MR) is 87.0 cm³/mol. The molecule has 2 N–H and O–H groups in total. The summed E-state index contributed by atoms with van der Waals surface area (Å²) in [6.45, 7) is 7.47. The van der Waals surface area contributed by atoms with Crippen molar-refractivity contribution >= 4 is 11.7 Å². The Labute approximate surface area is 136 Å². The van der Waals surface area contributed by atoms with Gasteiger partial charge >= 0.3 is 0 Å². The van der Waals surface area contributed by atoms with Crippen molar-refractivity contribution < 1.29 is 19.8 Å². The third-order valence-corrected chi connectivity index (χ3v) is 4.12. The molecule has 1 amide bonds. The normalized spacial score (nSPS) is 18.7. The summed E-state index contributed by atoms with van der Waals surface area (Å²) in [6.07, 6.45) is 0. The Morgan fingerprint density at radius 3 is 2.22 bits per heavy atom. The number of rotatable bonds is 4. The zero-order valence-corrected chi connectivity index (χ0v) is 14.0. The molecule has 0 radical (unpaired) electrons. The minimum absolute atomic E-state index is 0.00377. The monoisotopic (exact) mass is 317 g/mol. The molecule has 0 fully saturated rings. The highest BCUT2D eigenvalue weighted by Crippen LogP contribution is 2.38. The maximum absolute atomic E-state index is 12.2. The molecular weight excluding hydrogens is 294 g/mol. The number of carbonyl (C=O) groups excluding carboxylic acids is 2. The molecule has 124 valence electrons. The molecule has 0 bridgehead atoms. The molecule has 1 aromatic rings. The van der Waals surface area contributed by atoms with Crippen molar-refractivity contribution in [1.82, 2.24) is 4.90 Å². The van der Waals surface area contributed by atoms with Crippen LogP contribution in [0.15, 0.2) is 35.6 Å². The molecular formula is C18H23NO4. The van der Waals surface area contributed by atoms with Gasteiger partial charge in [-0.1, -0.05) is 45.0 Å². The molecule has 0 aromatic heterocycles. The summed E-state index contributed by atoms with van der Waals surface area (Å²) in [6, 6.07) is 7.00. The topological polar surface area (TPSA) is 77.8 Å². The van der Waals surface area contributed by atoms with Crippen molar-refractivity contribution in [2.24, 2.45) is 0 Å². The van der Waals surface area contributed by atoms with Crippen LogP contribution in [0.1, 0.15) is 44.9 Å². The van der Waals surface area contributed by atoms with Crippen LogP contribution in [-0.4, -0.2) is 40.0 Å². The van der Waals surface area contributed by atoms with Gasteiger partial charge in [0.2, 0.25) is 0 Å². The largest absolute Gasteiger partial charge is 0.503 e. The summed E-state index contributed by atoms with van der Waals surface area (Å²) < 4.78 is 0. The van der Waals surface area contributed by atoms with Crippen molar-refractivity contribution in [3.8, 4) is 0 Å². The average Bonchev–Trinajstić information content (AvgIpc) is 2.72. The second-order valence-electron chi connectivity index (χ2n) is 6.82. The van der Waals surface area contributed by atoms with E-state index in [9.17, 15) is 19.8 Å². The summed E-state index contributed by atoms with van der Waals surface area (Å²) >= 11 is 0. The Morgan fingerprint density at radius 2 is 1.78 bits per heavy atom. The molecule has 0 saturated heterocycles. The number of ketones is 1. The van der Waals surface area contributed by atoms with Gasteiger partial charge in [-0.2, -0.15) is 0 Å². The third kappa shape index (κ3) is 3.15. The number of hydrogen-bond donors (Lipinski definition) is 2. The summed E-state index contributed by atoms with van der Waals surface area (Å²) in [5.41, 5.74) is 1.97. The molecule has 23 heavy (non-hydrogen) atoms. The number of aliphatic hydroxyl groups is 2. The first-order chi connectivity index (χ1) is 10.7. The van der Waals surface area contributed by atoms with E-state index in [1.807, 2.05) is 24.3 Å². The first-order valence-corrected chi connectivity index (χ1v) is 7.64. The molecule has 1 unspecified atom stereocenters. The molecule has 2 rings (SSSR count). The molecule has 1 aliphatic rings. The second kappa shape index (κ2) is 6.16. The Bertz CT molecular complexity index is 653. The van der Waals surface area contributed by atoms with E-state index in [1.54, 1.807) is 0 Å². The summed E-state index contributed by atoms with van der Waals surface area (Å²) in [4.78, 5) is 25.4. The zero-order chi connectivity index (χ0) is 17.4. The first kappa shape index (κ1) is 17.2. The number of aliphatic hydroxyl groups excluding tert-OH is 2. The van der Waals surface area contributed by atoms with E-state index >= 15 is 0 Å². The fraction of sp³-hybridized carbons (Fsp3) is 0.444. The van der Waals surface area contributed by atoms with Gasteiger partial charge in [0, 0.05) is 6.54 Å². The van der Waals surface area contributed by atoms with Crippen LogP contribution in [0.2, 0.25) is 0 Å². The minimum atomic E-state index is -0.652. The van der Waals surface area contributed by atoms with E-state index in [0.717, 1.165) is 11.1 Å². The van der Waals surface area contributed by atoms with Crippen molar-refractivity contribution in [3.63, 3.8) is 0 Å². The van der Waals surface area contributed by atoms with Crippen LogP contribution in [0.4, 0.5) is 0 Å². The standard InChI is InChI=1S/C18H23NO4/c1-11(21)14-15(19(9-10-20)17(23)16(14)22)12-5-7-13(8-6-12)18(2,3)4/h5-8,15,20,22H,9-10H2,1-4H3. The maximum atomic E-state index is 12.2. The van der Waals surface area contributed by atoms with Crippen molar-refractivity contribution in [2.75, 3.05) is 13.2 Å². The van der Waals surface area contributed by atoms with Crippen LogP contribution in [0.3, 0.4) is 0 Å². The molecule has 1 aliphatic heterocycles.